The van der Waals surface area contributed by atoms with Crippen LogP contribution in [0.3, 0.4) is 0 Å². The number of halogens is 2. The van der Waals surface area contributed by atoms with E-state index >= 15 is 0 Å². The third kappa shape index (κ3) is 6.37. The number of allylic oxidation sites excluding steroid dienone is 1. The Morgan fingerprint density at radius 3 is 2.50 bits per heavy atom. The van der Waals surface area contributed by atoms with E-state index in [4.69, 9.17) is 4.74 Å². The Bertz CT molecular complexity index is 748. The van der Waals surface area contributed by atoms with E-state index in [0.717, 1.165) is 25.6 Å². The quantitative estimate of drug-likeness (QED) is 0.441. The molecule has 6 nitrogen and oxygen atoms in total. The maximum Gasteiger partial charge on any atom is 0.245 e. The molecule has 1 heterocycles. The highest BCUT2D eigenvalue weighted by atomic mass is 19.2. The van der Waals surface area contributed by atoms with Gasteiger partial charge in [-0.3, -0.25) is 9.59 Å². The van der Waals surface area contributed by atoms with Crippen LogP contribution in [0, 0.1) is 17.0 Å². The summed E-state index contributed by atoms with van der Waals surface area (Å²) >= 11 is 0. The van der Waals surface area contributed by atoms with Crippen molar-refractivity contribution in [3.05, 3.63) is 48.2 Å². The van der Waals surface area contributed by atoms with E-state index in [-0.39, 0.29) is 17.1 Å². The first-order valence-corrected chi connectivity index (χ1v) is 8.72. The number of nitrogens with one attached hydrogen (secondary N) is 2. The highest BCUT2D eigenvalue weighted by Gasteiger charge is 2.31. The molecule has 2 rings (SSSR count). The maximum atomic E-state index is 13.6. The first-order valence-electron chi connectivity index (χ1n) is 8.72. The molecule has 154 valence electrons. The van der Waals surface area contributed by atoms with Gasteiger partial charge in [0.1, 0.15) is 0 Å². The molecule has 1 aliphatic heterocycles. The smallest absolute Gasteiger partial charge is 0.245 e. The Balaban J connectivity index is 0.000000311. The van der Waals surface area contributed by atoms with E-state index in [1.165, 1.54) is 26.3 Å². The van der Waals surface area contributed by atoms with Crippen molar-refractivity contribution in [3.63, 3.8) is 0 Å². The predicted molar refractivity (Wildman–Crippen MR) is 105 cm³/mol. The Kier molecular flexibility index (Phi) is 8.63. The number of methoxy groups -OCH3 is 1. The van der Waals surface area contributed by atoms with E-state index in [0.29, 0.717) is 17.8 Å². The SMILES string of the molecule is C=C/C(=C\C(=O)NC)NC=O.COc1c(N2CCC(C)(C)C2)ccc(F)c1F. The molecule has 1 aliphatic rings. The third-order valence-electron chi connectivity index (χ3n) is 4.23. The van der Waals surface area contributed by atoms with Crippen LogP contribution in [0.1, 0.15) is 20.3 Å². The fourth-order valence-corrected chi connectivity index (χ4v) is 2.72. The molecule has 1 aromatic rings. The maximum absolute atomic E-state index is 13.6. The zero-order chi connectivity index (χ0) is 21.3. The molecule has 0 spiro atoms. The number of benzene rings is 1. The molecular weight excluding hydrogens is 368 g/mol. The van der Waals surface area contributed by atoms with Crippen LogP contribution in [0.5, 0.6) is 5.75 Å². The summed E-state index contributed by atoms with van der Waals surface area (Å²) in [6.45, 7) is 9.40. The van der Waals surface area contributed by atoms with Crippen molar-refractivity contribution in [2.75, 3.05) is 32.1 Å². The summed E-state index contributed by atoms with van der Waals surface area (Å²) in [6, 6.07) is 2.73. The van der Waals surface area contributed by atoms with Crippen molar-refractivity contribution < 1.29 is 23.1 Å². The van der Waals surface area contributed by atoms with Gasteiger partial charge in [0.2, 0.25) is 18.1 Å². The van der Waals surface area contributed by atoms with E-state index in [1.54, 1.807) is 6.07 Å². The number of nitrogens with zero attached hydrogens (tertiary/aromatic N) is 1. The van der Waals surface area contributed by atoms with Crippen LogP contribution in [0.25, 0.3) is 0 Å². The number of rotatable bonds is 6. The number of carbonyl (C=O) groups is 2. The van der Waals surface area contributed by atoms with Crippen molar-refractivity contribution in [2.24, 2.45) is 5.41 Å². The number of carbonyl (C=O) groups excluding carboxylic acids is 2. The van der Waals surface area contributed by atoms with Gasteiger partial charge in [-0.2, -0.15) is 4.39 Å². The molecular formula is C20H27F2N3O3. The normalized spacial score (nSPS) is 15.2. The summed E-state index contributed by atoms with van der Waals surface area (Å²) in [4.78, 5) is 22.6. The van der Waals surface area contributed by atoms with Crippen LogP contribution in [-0.2, 0) is 9.59 Å². The van der Waals surface area contributed by atoms with Gasteiger partial charge in [-0.25, -0.2) is 4.39 Å². The van der Waals surface area contributed by atoms with Gasteiger partial charge in [0, 0.05) is 31.9 Å². The molecule has 1 saturated heterocycles. The zero-order valence-electron chi connectivity index (χ0n) is 16.6. The highest BCUT2D eigenvalue weighted by molar-refractivity contribution is 5.88. The Hall–Kier alpha value is -2.90. The molecule has 2 amide bonds. The monoisotopic (exact) mass is 395 g/mol. The number of hydrogen-bond acceptors (Lipinski definition) is 4. The average Bonchev–Trinajstić information content (AvgIpc) is 3.03. The molecule has 0 aromatic heterocycles. The number of hydrogen-bond donors (Lipinski definition) is 2. The second-order valence-corrected chi connectivity index (χ2v) is 6.93. The van der Waals surface area contributed by atoms with Gasteiger partial charge in [0.25, 0.3) is 0 Å². The van der Waals surface area contributed by atoms with E-state index in [2.05, 4.69) is 31.1 Å². The summed E-state index contributed by atoms with van der Waals surface area (Å²) < 4.78 is 31.7. The van der Waals surface area contributed by atoms with Gasteiger partial charge in [-0.1, -0.05) is 20.4 Å². The van der Waals surface area contributed by atoms with Crippen LogP contribution in [-0.4, -0.2) is 39.6 Å². The molecule has 0 aliphatic carbocycles. The predicted octanol–water partition coefficient (Wildman–Crippen LogP) is 2.76. The fourth-order valence-electron chi connectivity index (χ4n) is 2.72. The van der Waals surface area contributed by atoms with E-state index in [1.807, 2.05) is 4.90 Å². The van der Waals surface area contributed by atoms with Gasteiger partial charge < -0.3 is 20.3 Å². The molecule has 28 heavy (non-hydrogen) atoms. The van der Waals surface area contributed by atoms with Crippen LogP contribution < -0.4 is 20.3 Å². The van der Waals surface area contributed by atoms with Gasteiger partial charge in [0.05, 0.1) is 12.8 Å². The minimum atomic E-state index is -0.908. The second-order valence-electron chi connectivity index (χ2n) is 6.93. The van der Waals surface area contributed by atoms with Gasteiger partial charge >= 0.3 is 0 Å². The minimum Gasteiger partial charge on any atom is -0.491 e. The lowest BCUT2D eigenvalue weighted by Gasteiger charge is -2.23. The number of ether oxygens (including phenoxy) is 1. The summed E-state index contributed by atoms with van der Waals surface area (Å²) in [7, 11) is 2.86. The molecule has 0 radical (unpaired) electrons. The molecule has 0 atom stereocenters. The van der Waals surface area contributed by atoms with Crippen LogP contribution in [0.2, 0.25) is 0 Å². The summed E-state index contributed by atoms with van der Waals surface area (Å²) in [5.74, 6) is -2.06. The van der Waals surface area contributed by atoms with Crippen molar-refractivity contribution in [2.45, 2.75) is 20.3 Å². The molecule has 0 unspecified atom stereocenters. The average molecular weight is 395 g/mol. The van der Waals surface area contributed by atoms with Crippen LogP contribution >= 0.6 is 0 Å². The van der Waals surface area contributed by atoms with Crippen molar-refractivity contribution in [1.29, 1.82) is 0 Å². The minimum absolute atomic E-state index is 0.00250. The third-order valence-corrected chi connectivity index (χ3v) is 4.23. The van der Waals surface area contributed by atoms with Crippen molar-refractivity contribution in [1.82, 2.24) is 10.6 Å². The van der Waals surface area contributed by atoms with Crippen LogP contribution in [0.15, 0.2) is 36.6 Å². The Labute approximate surface area is 164 Å². The van der Waals surface area contributed by atoms with Crippen LogP contribution in [0.4, 0.5) is 14.5 Å². The van der Waals surface area contributed by atoms with E-state index < -0.39 is 11.6 Å². The number of likely N-dealkylation sites (N-methyl/N-ethyl adjacent to an activating group) is 1. The highest BCUT2D eigenvalue weighted by Crippen LogP contribution is 2.38. The lowest BCUT2D eigenvalue weighted by molar-refractivity contribution is -0.116. The summed E-state index contributed by atoms with van der Waals surface area (Å²) in [5.41, 5.74) is 1.21. The number of anilines is 1. The second kappa shape index (κ2) is 10.4. The van der Waals surface area contributed by atoms with Crippen molar-refractivity contribution >= 4 is 18.0 Å². The van der Waals surface area contributed by atoms with Gasteiger partial charge in [-0.15, -0.1) is 0 Å². The molecule has 1 aromatic carbocycles. The fraction of sp³-hybridized carbons (Fsp3) is 0.400. The topological polar surface area (TPSA) is 70.7 Å². The molecule has 8 heteroatoms. The molecule has 0 saturated carbocycles. The summed E-state index contributed by atoms with van der Waals surface area (Å²) in [5, 5.41) is 4.67. The van der Waals surface area contributed by atoms with E-state index in [9.17, 15) is 18.4 Å². The lowest BCUT2D eigenvalue weighted by Crippen LogP contribution is -2.23. The number of amides is 2. The van der Waals surface area contributed by atoms with Gasteiger partial charge in [-0.05, 0) is 30.0 Å². The molecule has 2 N–H and O–H groups in total. The molecule has 1 fully saturated rings. The first kappa shape index (κ1) is 23.1. The first-order chi connectivity index (χ1) is 13.2. The molecule has 0 bridgehead atoms. The van der Waals surface area contributed by atoms with Crippen molar-refractivity contribution in [3.8, 4) is 5.75 Å². The standard InChI is InChI=1S/C13H17F2NO.C7H10N2O2/c1-13(2)6-7-16(8-13)10-5-4-9(14)11(15)12(10)17-3;1-3-6(9-5-10)4-7(11)8-2/h4-5H,6-8H2,1-3H3;3-5H,1H2,2H3,(H,8,11)(H,9,10)/b;6-4+. The lowest BCUT2D eigenvalue weighted by atomic mass is 9.93. The van der Waals surface area contributed by atoms with Gasteiger partial charge in [0.15, 0.2) is 11.6 Å². The largest absolute Gasteiger partial charge is 0.491 e. The Morgan fingerprint density at radius 2 is 2.04 bits per heavy atom. The Morgan fingerprint density at radius 1 is 1.36 bits per heavy atom. The zero-order valence-corrected chi connectivity index (χ0v) is 16.6. The summed E-state index contributed by atoms with van der Waals surface area (Å²) in [6.07, 6.45) is 4.14.